The largest absolute Gasteiger partial charge is 0.479 e. The summed E-state index contributed by atoms with van der Waals surface area (Å²) in [7, 11) is 0. The quantitative estimate of drug-likeness (QED) is 0.107. The van der Waals surface area contributed by atoms with Gasteiger partial charge in [-0.3, -0.25) is 0 Å². The maximum atomic E-state index is 11.3. The Labute approximate surface area is 278 Å². The maximum Gasteiger partial charge on any atom is 0.335 e. The first-order valence-electron chi connectivity index (χ1n) is 15.4. The molecule has 9 nitrogen and oxygen atoms in total. The topological polar surface area (TPSA) is 117 Å². The number of carboxylic acid groups (broad SMARTS) is 1. The van der Waals surface area contributed by atoms with Gasteiger partial charge in [-0.2, -0.15) is 0 Å². The normalized spacial score (nSPS) is 17.0. The highest BCUT2D eigenvalue weighted by atomic mass is 127. The zero-order valence-corrected chi connectivity index (χ0v) is 28.6. The Morgan fingerprint density at radius 2 is 1.58 bits per heavy atom. The SMILES string of the molecule is CCCOC(CO[C@@H]1CCC[C@H](OCc2nc(-c3ccc(C)cc3)oc2C)C1)C(=O)O.Cc1ccc(-c2nc(CI)co2)cc1. The van der Waals surface area contributed by atoms with Gasteiger partial charge in [-0.05, 0) is 77.1 Å². The van der Waals surface area contributed by atoms with Crippen LogP contribution in [0, 0.1) is 20.8 Å². The number of rotatable bonds is 13. The molecule has 4 aromatic rings. The van der Waals surface area contributed by atoms with Crippen molar-refractivity contribution in [1.82, 2.24) is 9.97 Å². The summed E-state index contributed by atoms with van der Waals surface area (Å²) in [5.41, 5.74) is 6.21. The standard InChI is InChI=1S/C24H33NO6.C11H10INO/c1-4-12-28-22(24(26)27)15-30-20-7-5-6-19(13-20)29-14-21-17(3)31-23(25-21)18-10-8-16(2)9-11-18;1-8-2-4-9(5-3-8)11-13-10(6-12)7-14-11/h8-11,19-20,22H,4-7,12-15H2,1-3H3,(H,26,27);2-5,7H,6H2,1H3/t19-,20+,22?;/m0./s1. The lowest BCUT2D eigenvalue weighted by Gasteiger charge is -2.29. The molecule has 1 aliphatic carbocycles. The fourth-order valence-electron chi connectivity index (χ4n) is 4.85. The number of alkyl halides is 1. The van der Waals surface area contributed by atoms with Crippen LogP contribution in [-0.2, 0) is 30.0 Å². The molecule has 2 aromatic heterocycles. The molecule has 0 saturated heterocycles. The van der Waals surface area contributed by atoms with Crippen molar-refractivity contribution in [3.05, 3.63) is 83.1 Å². The van der Waals surface area contributed by atoms with Gasteiger partial charge >= 0.3 is 5.97 Å². The van der Waals surface area contributed by atoms with Crippen molar-refractivity contribution >= 4 is 28.6 Å². The summed E-state index contributed by atoms with van der Waals surface area (Å²) in [6.45, 7) is 8.83. The monoisotopic (exact) mass is 730 g/mol. The van der Waals surface area contributed by atoms with Crippen LogP contribution in [0.1, 0.15) is 67.3 Å². The predicted octanol–water partition coefficient (Wildman–Crippen LogP) is 8.27. The van der Waals surface area contributed by atoms with Crippen molar-refractivity contribution in [2.24, 2.45) is 0 Å². The van der Waals surface area contributed by atoms with Gasteiger partial charge in [-0.15, -0.1) is 0 Å². The van der Waals surface area contributed by atoms with Gasteiger partial charge in [0, 0.05) is 22.2 Å². The average molecular weight is 731 g/mol. The molecule has 3 atom stereocenters. The summed E-state index contributed by atoms with van der Waals surface area (Å²) in [5, 5.41) is 9.27. The number of benzene rings is 2. The summed E-state index contributed by atoms with van der Waals surface area (Å²) in [5.74, 6) is 1.09. The van der Waals surface area contributed by atoms with Crippen LogP contribution in [0.2, 0.25) is 0 Å². The fourth-order valence-corrected chi connectivity index (χ4v) is 5.20. The second kappa shape index (κ2) is 17.6. The third kappa shape index (κ3) is 10.8. The molecule has 0 aliphatic heterocycles. The summed E-state index contributed by atoms with van der Waals surface area (Å²) < 4.78 is 29.4. The van der Waals surface area contributed by atoms with Gasteiger partial charge < -0.3 is 28.2 Å². The Morgan fingerprint density at radius 3 is 2.16 bits per heavy atom. The zero-order chi connectivity index (χ0) is 32.2. The van der Waals surface area contributed by atoms with Crippen molar-refractivity contribution in [3.63, 3.8) is 0 Å². The van der Waals surface area contributed by atoms with Crippen LogP contribution in [0.15, 0.2) is 63.6 Å². The number of nitrogens with zero attached hydrogens (tertiary/aromatic N) is 2. The van der Waals surface area contributed by atoms with Crippen molar-refractivity contribution in [2.75, 3.05) is 13.2 Å². The number of oxazole rings is 2. The molecule has 0 bridgehead atoms. The molecule has 0 radical (unpaired) electrons. The maximum absolute atomic E-state index is 11.3. The Bertz CT molecular complexity index is 1470. The molecule has 2 aromatic carbocycles. The molecule has 2 heterocycles. The number of hydrogen-bond donors (Lipinski definition) is 1. The van der Waals surface area contributed by atoms with Crippen LogP contribution in [-0.4, -0.2) is 52.6 Å². The summed E-state index contributed by atoms with van der Waals surface area (Å²) in [6, 6.07) is 16.2. The summed E-state index contributed by atoms with van der Waals surface area (Å²) in [4.78, 5) is 20.3. The number of carbonyl (C=O) groups is 1. The highest BCUT2D eigenvalue weighted by Crippen LogP contribution is 2.27. The van der Waals surface area contributed by atoms with E-state index in [-0.39, 0.29) is 18.8 Å². The summed E-state index contributed by atoms with van der Waals surface area (Å²) in [6.07, 6.45) is 5.18. The number of hydrogen-bond acceptors (Lipinski definition) is 8. The lowest BCUT2D eigenvalue weighted by atomic mass is 9.95. The number of aromatic nitrogens is 2. The first-order chi connectivity index (χ1) is 21.7. The minimum absolute atomic E-state index is 0.0210. The zero-order valence-electron chi connectivity index (χ0n) is 26.5. The van der Waals surface area contributed by atoms with E-state index in [1.165, 1.54) is 11.1 Å². The van der Waals surface area contributed by atoms with Crippen molar-refractivity contribution in [1.29, 1.82) is 0 Å². The lowest BCUT2D eigenvalue weighted by Crippen LogP contribution is -2.34. The van der Waals surface area contributed by atoms with Crippen LogP contribution in [0.4, 0.5) is 0 Å². The van der Waals surface area contributed by atoms with E-state index in [1.54, 1.807) is 6.26 Å². The van der Waals surface area contributed by atoms with Crippen LogP contribution in [0.3, 0.4) is 0 Å². The molecule has 0 amide bonds. The van der Waals surface area contributed by atoms with Gasteiger partial charge in [0.05, 0.1) is 31.1 Å². The first kappa shape index (κ1) is 34.8. The van der Waals surface area contributed by atoms with E-state index in [4.69, 9.17) is 23.0 Å². The third-order valence-electron chi connectivity index (χ3n) is 7.49. The average Bonchev–Trinajstić information content (AvgIpc) is 3.68. The third-order valence-corrected chi connectivity index (χ3v) is 8.28. The molecule has 1 aliphatic rings. The molecule has 1 fully saturated rings. The van der Waals surface area contributed by atoms with Gasteiger partial charge in [0.15, 0.2) is 6.10 Å². The molecule has 10 heteroatoms. The van der Waals surface area contributed by atoms with Crippen LogP contribution >= 0.6 is 22.6 Å². The Morgan fingerprint density at radius 1 is 0.956 bits per heavy atom. The smallest absolute Gasteiger partial charge is 0.335 e. The van der Waals surface area contributed by atoms with E-state index >= 15 is 0 Å². The molecule has 45 heavy (non-hydrogen) atoms. The number of ether oxygens (including phenoxy) is 3. The first-order valence-corrected chi connectivity index (χ1v) is 17.0. The van der Waals surface area contributed by atoms with Crippen molar-refractivity contribution in [2.45, 2.75) is 89.1 Å². The number of halogens is 1. The Kier molecular flexibility index (Phi) is 13.6. The Balaban J connectivity index is 0.000000273. The van der Waals surface area contributed by atoms with Gasteiger partial charge in [-0.25, -0.2) is 14.8 Å². The van der Waals surface area contributed by atoms with Crippen molar-refractivity contribution < 1.29 is 32.9 Å². The lowest BCUT2D eigenvalue weighted by molar-refractivity contribution is -0.157. The van der Waals surface area contributed by atoms with E-state index in [9.17, 15) is 9.90 Å². The molecule has 1 saturated carbocycles. The molecule has 242 valence electrons. The van der Waals surface area contributed by atoms with E-state index in [0.29, 0.717) is 25.0 Å². The molecular formula is C35H43IN2O7. The fraction of sp³-hybridized carbons (Fsp3) is 0.457. The Hall–Kier alpha value is -3.06. The molecule has 5 rings (SSSR count). The van der Waals surface area contributed by atoms with E-state index < -0.39 is 12.1 Å². The number of aliphatic carboxylic acids is 1. The second-order valence-corrected chi connectivity index (χ2v) is 12.0. The van der Waals surface area contributed by atoms with Crippen LogP contribution in [0.5, 0.6) is 0 Å². The van der Waals surface area contributed by atoms with Crippen LogP contribution < -0.4 is 0 Å². The molecule has 1 N–H and O–H groups in total. The van der Waals surface area contributed by atoms with Gasteiger partial charge in [-0.1, -0.05) is 64.9 Å². The molecular weight excluding hydrogens is 687 g/mol. The predicted molar refractivity (Wildman–Crippen MR) is 180 cm³/mol. The number of carboxylic acids is 1. The van der Waals surface area contributed by atoms with E-state index in [2.05, 4.69) is 51.6 Å². The highest BCUT2D eigenvalue weighted by Gasteiger charge is 2.26. The van der Waals surface area contributed by atoms with Gasteiger partial charge in [0.2, 0.25) is 11.8 Å². The van der Waals surface area contributed by atoms with Crippen LogP contribution in [0.25, 0.3) is 22.9 Å². The molecule has 0 spiro atoms. The van der Waals surface area contributed by atoms with Crippen molar-refractivity contribution in [3.8, 4) is 22.9 Å². The second-order valence-electron chi connectivity index (χ2n) is 11.3. The van der Waals surface area contributed by atoms with Gasteiger partial charge in [0.25, 0.3) is 0 Å². The van der Waals surface area contributed by atoms with E-state index in [0.717, 1.165) is 64.8 Å². The highest BCUT2D eigenvalue weighted by molar-refractivity contribution is 14.1. The van der Waals surface area contributed by atoms with E-state index in [1.807, 2.05) is 57.2 Å². The minimum atomic E-state index is -0.983. The minimum Gasteiger partial charge on any atom is -0.479 e. The summed E-state index contributed by atoms with van der Waals surface area (Å²) >= 11 is 2.27. The van der Waals surface area contributed by atoms with Gasteiger partial charge in [0.1, 0.15) is 17.7 Å². The molecule has 1 unspecified atom stereocenters. The number of aryl methyl sites for hydroxylation is 3.